The maximum absolute atomic E-state index is 11.1. The topological polar surface area (TPSA) is 42.5 Å². The van der Waals surface area contributed by atoms with E-state index in [2.05, 4.69) is 16.7 Å². The first-order chi connectivity index (χ1) is 14.9. The number of nitrogens with zero attached hydrogens (tertiary/aromatic N) is 3. The molecule has 0 spiro atoms. The highest BCUT2D eigenvalue weighted by Gasteiger charge is 2.38. The van der Waals surface area contributed by atoms with Gasteiger partial charge in [0.15, 0.2) is 0 Å². The fraction of sp³-hybridized carbons (Fsp3) is 0.125. The predicted octanol–water partition coefficient (Wildman–Crippen LogP) is 6.41. The van der Waals surface area contributed by atoms with Crippen molar-refractivity contribution in [3.8, 4) is 11.3 Å². The number of halogens is 3. The minimum absolute atomic E-state index is 0.448. The first-order valence-electron chi connectivity index (χ1n) is 9.79. The molecule has 0 bridgehead atoms. The summed E-state index contributed by atoms with van der Waals surface area (Å²) in [6, 6.07) is 27.7. The normalized spacial score (nSPS) is 13.2. The number of hydrogen-bond donors (Lipinski definition) is 1. The largest absolute Gasteiger partial charge is 0.382 e. The lowest BCUT2D eigenvalue weighted by Crippen LogP contribution is -2.19. The lowest BCUT2D eigenvalue weighted by Gasteiger charge is -2.20. The van der Waals surface area contributed by atoms with Crippen molar-refractivity contribution >= 4 is 51.6 Å². The number of aromatic nitrogens is 3. The van der Waals surface area contributed by atoms with Crippen molar-refractivity contribution in [3.05, 3.63) is 96.2 Å². The average Bonchev–Trinajstić information content (AvgIpc) is 3.30. The Bertz CT molecular complexity index is 1360. The van der Waals surface area contributed by atoms with E-state index in [1.807, 2.05) is 77.2 Å². The van der Waals surface area contributed by atoms with Gasteiger partial charge in [-0.25, -0.2) is 4.98 Å². The number of benzene rings is 3. The van der Waals surface area contributed by atoms with Crippen LogP contribution in [0.3, 0.4) is 0 Å². The van der Waals surface area contributed by atoms with Gasteiger partial charge in [0.05, 0.1) is 29.0 Å². The summed E-state index contributed by atoms with van der Waals surface area (Å²) in [6.07, 6.45) is -1.38. The number of alkyl halides is 3. The van der Waals surface area contributed by atoms with E-state index in [-0.39, 0.29) is 0 Å². The molecule has 0 aliphatic heterocycles. The number of para-hydroxylation sites is 2. The molecule has 0 amide bonds. The van der Waals surface area contributed by atoms with E-state index in [4.69, 9.17) is 39.8 Å². The van der Waals surface area contributed by atoms with Gasteiger partial charge in [0.1, 0.15) is 6.10 Å². The van der Waals surface area contributed by atoms with E-state index in [1.165, 1.54) is 0 Å². The van der Waals surface area contributed by atoms with Crippen LogP contribution in [0.5, 0.6) is 0 Å². The summed E-state index contributed by atoms with van der Waals surface area (Å²) in [5.41, 5.74) is 4.87. The number of imidazole rings is 2. The van der Waals surface area contributed by atoms with Crippen molar-refractivity contribution in [2.45, 2.75) is 16.4 Å². The smallest absolute Gasteiger partial charge is 0.221 e. The molecule has 2 aromatic heterocycles. The second kappa shape index (κ2) is 7.88. The third-order valence-corrected chi connectivity index (χ3v) is 5.97. The summed E-state index contributed by atoms with van der Waals surface area (Å²) in [5, 5.41) is 11.1. The van der Waals surface area contributed by atoms with Crippen molar-refractivity contribution in [1.82, 2.24) is 14.0 Å². The monoisotopic (exact) mass is 469 g/mol. The molecule has 3 aromatic carbocycles. The van der Waals surface area contributed by atoms with Gasteiger partial charge in [-0.05, 0) is 17.7 Å². The first-order valence-corrected chi connectivity index (χ1v) is 10.9. The summed E-state index contributed by atoms with van der Waals surface area (Å²) < 4.78 is 2.10. The van der Waals surface area contributed by atoms with Gasteiger partial charge in [0.25, 0.3) is 0 Å². The molecule has 1 atom stereocenters. The zero-order valence-corrected chi connectivity index (χ0v) is 18.6. The molecule has 5 rings (SSSR count). The molecule has 0 radical (unpaired) electrons. The molecule has 1 N–H and O–H groups in total. The minimum Gasteiger partial charge on any atom is -0.382 e. The maximum Gasteiger partial charge on any atom is 0.221 e. The summed E-state index contributed by atoms with van der Waals surface area (Å²) in [5.74, 6) is 0.673. The molecule has 0 fully saturated rings. The Morgan fingerprint density at radius 2 is 1.39 bits per heavy atom. The third kappa shape index (κ3) is 3.60. The van der Waals surface area contributed by atoms with Gasteiger partial charge in [0.2, 0.25) is 9.57 Å². The Kier molecular flexibility index (Phi) is 5.19. The number of hydrogen-bond acceptors (Lipinski definition) is 2. The van der Waals surface area contributed by atoms with Gasteiger partial charge < -0.3 is 9.67 Å². The maximum atomic E-state index is 11.1. The highest BCUT2D eigenvalue weighted by atomic mass is 35.6. The number of fused-ring (bicyclic) bond motifs is 3. The standard InChI is InChI=1S/C24H18Cl3N3O/c25-24(26,27)22(31)21-20(17-11-5-2-6-12-17)28-23-29(15-16-9-3-1-4-10-16)18-13-7-8-14-19(18)30(21)23/h1-14,22,31H,15H2/t22-/m1/s1. The second-order valence-corrected chi connectivity index (χ2v) is 9.72. The van der Waals surface area contributed by atoms with E-state index in [1.54, 1.807) is 0 Å². The Morgan fingerprint density at radius 1 is 0.806 bits per heavy atom. The lowest BCUT2D eigenvalue weighted by molar-refractivity contribution is 0.177. The zero-order valence-electron chi connectivity index (χ0n) is 16.3. The molecule has 0 aliphatic carbocycles. The minimum atomic E-state index is -1.91. The molecule has 0 saturated heterocycles. The molecular weight excluding hydrogens is 453 g/mol. The molecule has 7 heteroatoms. The Balaban J connectivity index is 1.85. The SMILES string of the molecule is O[C@H](c1c(-c2ccccc2)nc2n(Cc3ccccc3)c3ccccc3n12)C(Cl)(Cl)Cl. The van der Waals surface area contributed by atoms with Crippen LogP contribution in [0.15, 0.2) is 84.9 Å². The van der Waals surface area contributed by atoms with E-state index in [0.29, 0.717) is 23.7 Å². The van der Waals surface area contributed by atoms with Gasteiger partial charge in [0, 0.05) is 5.56 Å². The van der Waals surface area contributed by atoms with Crippen LogP contribution in [0.4, 0.5) is 0 Å². The summed E-state index contributed by atoms with van der Waals surface area (Å²) in [7, 11) is 0. The average molecular weight is 471 g/mol. The fourth-order valence-corrected chi connectivity index (χ4v) is 4.28. The van der Waals surface area contributed by atoms with Crippen molar-refractivity contribution in [2.24, 2.45) is 0 Å². The summed E-state index contributed by atoms with van der Waals surface area (Å²) >= 11 is 18.5. The first kappa shape index (κ1) is 20.4. The van der Waals surface area contributed by atoms with Crippen LogP contribution in [0.25, 0.3) is 28.1 Å². The summed E-state index contributed by atoms with van der Waals surface area (Å²) in [6.45, 7) is 0.617. The highest BCUT2D eigenvalue weighted by Crippen LogP contribution is 2.44. The van der Waals surface area contributed by atoms with Crippen molar-refractivity contribution in [1.29, 1.82) is 0 Å². The van der Waals surface area contributed by atoms with Crippen LogP contribution >= 0.6 is 34.8 Å². The lowest BCUT2D eigenvalue weighted by atomic mass is 10.1. The Hall–Kier alpha value is -2.50. The van der Waals surface area contributed by atoms with E-state index >= 15 is 0 Å². The Morgan fingerprint density at radius 3 is 2.03 bits per heavy atom. The van der Waals surface area contributed by atoms with Crippen molar-refractivity contribution in [2.75, 3.05) is 0 Å². The number of aliphatic hydroxyl groups is 1. The van der Waals surface area contributed by atoms with Gasteiger partial charge in [-0.3, -0.25) is 4.40 Å². The molecule has 0 unspecified atom stereocenters. The van der Waals surface area contributed by atoms with Gasteiger partial charge in [-0.1, -0.05) is 108 Å². The quantitative estimate of drug-likeness (QED) is 0.308. The number of aliphatic hydroxyl groups excluding tert-OH is 1. The number of rotatable bonds is 4. The Labute approximate surface area is 194 Å². The van der Waals surface area contributed by atoms with Gasteiger partial charge in [-0.15, -0.1) is 0 Å². The highest BCUT2D eigenvalue weighted by molar-refractivity contribution is 6.68. The van der Waals surface area contributed by atoms with Crippen LogP contribution in [-0.2, 0) is 6.54 Å². The molecule has 156 valence electrons. The molecule has 2 heterocycles. The van der Waals surface area contributed by atoms with Crippen LogP contribution in [0, 0.1) is 0 Å². The molecule has 0 saturated carbocycles. The zero-order chi connectivity index (χ0) is 21.6. The van der Waals surface area contributed by atoms with Crippen LogP contribution in [-0.4, -0.2) is 22.9 Å². The third-order valence-electron chi connectivity index (χ3n) is 5.35. The molecule has 0 aliphatic rings. The van der Waals surface area contributed by atoms with Crippen LogP contribution in [0.1, 0.15) is 17.4 Å². The van der Waals surface area contributed by atoms with E-state index < -0.39 is 9.90 Å². The molecule has 31 heavy (non-hydrogen) atoms. The van der Waals surface area contributed by atoms with Crippen LogP contribution < -0.4 is 0 Å². The van der Waals surface area contributed by atoms with Gasteiger partial charge in [-0.2, -0.15) is 0 Å². The second-order valence-electron chi connectivity index (χ2n) is 7.35. The predicted molar refractivity (Wildman–Crippen MR) is 127 cm³/mol. The van der Waals surface area contributed by atoms with E-state index in [9.17, 15) is 5.11 Å². The fourth-order valence-electron chi connectivity index (χ4n) is 3.97. The van der Waals surface area contributed by atoms with E-state index in [0.717, 1.165) is 22.2 Å². The van der Waals surface area contributed by atoms with Crippen molar-refractivity contribution < 1.29 is 5.11 Å². The van der Waals surface area contributed by atoms with Gasteiger partial charge >= 0.3 is 0 Å². The van der Waals surface area contributed by atoms with Crippen LogP contribution in [0.2, 0.25) is 0 Å². The molecular formula is C24H18Cl3N3O. The summed E-state index contributed by atoms with van der Waals surface area (Å²) in [4.78, 5) is 4.94. The molecule has 5 aromatic rings. The molecule has 4 nitrogen and oxygen atoms in total. The van der Waals surface area contributed by atoms with Crippen molar-refractivity contribution in [3.63, 3.8) is 0 Å².